The van der Waals surface area contributed by atoms with Gasteiger partial charge in [0.2, 0.25) is 0 Å². The van der Waals surface area contributed by atoms with E-state index in [1.165, 1.54) is 0 Å². The van der Waals surface area contributed by atoms with Crippen molar-refractivity contribution in [3.63, 3.8) is 0 Å². The Morgan fingerprint density at radius 3 is 2.08 bits per heavy atom. The number of hydrogen-bond acceptors (Lipinski definition) is 11. The van der Waals surface area contributed by atoms with E-state index in [-0.39, 0.29) is 30.5 Å². The third kappa shape index (κ3) is 29.5. The molecule has 1 unspecified atom stereocenters. The van der Waals surface area contributed by atoms with Crippen LogP contribution in [0.5, 0.6) is 0 Å². The molecule has 0 aromatic carbocycles. The summed E-state index contributed by atoms with van der Waals surface area (Å²) in [4.78, 5) is 58.5. The number of carbonyl (C=O) groups is 4. The maximum atomic E-state index is 12.7. The van der Waals surface area contributed by atoms with Crippen LogP contribution in [0.3, 0.4) is 0 Å². The first-order valence-electron chi connectivity index (χ1n) is 21.7. The molecule has 1 aliphatic rings. The average molecular weight is 862 g/mol. The number of carboxylic acid groups (broad SMARTS) is 1. The van der Waals surface area contributed by atoms with Crippen LogP contribution in [0.1, 0.15) is 129 Å². The Balaban J connectivity index is 2.49. The molecule has 1 rings (SSSR count). The average Bonchev–Trinajstić information content (AvgIpc) is 3.57. The number of carboxylic acids is 1. The van der Waals surface area contributed by atoms with Gasteiger partial charge in [-0.1, -0.05) is 125 Å². The molecule has 0 spiro atoms. The summed E-state index contributed by atoms with van der Waals surface area (Å²) >= 11 is 0. The molecule has 0 aromatic rings. The van der Waals surface area contributed by atoms with Gasteiger partial charge in [0.25, 0.3) is 0 Å². The lowest BCUT2D eigenvalue weighted by atomic mass is 9.90. The van der Waals surface area contributed by atoms with Crippen LogP contribution < -0.4 is 5.73 Å². The summed E-state index contributed by atoms with van der Waals surface area (Å²) in [5, 5.41) is 19.1. The zero-order valence-corrected chi connectivity index (χ0v) is 36.8. The molecule has 6 atom stereocenters. The lowest BCUT2D eigenvalue weighted by Crippen LogP contribution is -2.34. The largest absolute Gasteiger partial charge is 0.480 e. The van der Waals surface area contributed by atoms with Gasteiger partial charge < -0.3 is 30.3 Å². The lowest BCUT2D eigenvalue weighted by Gasteiger charge is -2.20. The maximum absolute atomic E-state index is 12.7. The number of unbranched alkanes of at least 4 members (excludes halogenated alkanes) is 7. The number of esters is 2. The number of aliphatic carboxylic acids is 1. The highest BCUT2D eigenvalue weighted by Crippen LogP contribution is 2.43. The van der Waals surface area contributed by atoms with E-state index in [0.717, 1.165) is 70.6 Å². The molecule has 14 heteroatoms. The Kier molecular flexibility index (Phi) is 31.6. The topological polar surface area (TPSA) is 209 Å². The van der Waals surface area contributed by atoms with Crippen LogP contribution in [-0.4, -0.2) is 76.9 Å². The monoisotopic (exact) mass is 861 g/mol. The van der Waals surface area contributed by atoms with Crippen molar-refractivity contribution in [3.8, 4) is 0 Å². The smallest absolute Gasteiger partial charge is 0.472 e. The Hall–Kier alpha value is -3.71. The van der Waals surface area contributed by atoms with E-state index >= 15 is 0 Å². The third-order valence-corrected chi connectivity index (χ3v) is 10.3. The maximum Gasteiger partial charge on any atom is 0.472 e. The van der Waals surface area contributed by atoms with Crippen LogP contribution in [0.15, 0.2) is 85.1 Å². The van der Waals surface area contributed by atoms with Gasteiger partial charge in [-0.3, -0.25) is 28.2 Å². The molecule has 0 saturated carbocycles. The van der Waals surface area contributed by atoms with Crippen molar-refractivity contribution in [2.24, 2.45) is 17.6 Å². The van der Waals surface area contributed by atoms with Gasteiger partial charge >= 0.3 is 25.7 Å². The number of aliphatic hydroxyl groups is 1. The fourth-order valence-electron chi connectivity index (χ4n) is 5.87. The molecule has 13 nitrogen and oxygen atoms in total. The Labute approximate surface area is 358 Å². The zero-order chi connectivity index (χ0) is 44.3. The van der Waals surface area contributed by atoms with Gasteiger partial charge in [-0.15, -0.1) is 0 Å². The molecular weight excluding hydrogens is 789 g/mol. The fraction of sp³-hybridized carbons (Fsp3) is 0.609. The number of allylic oxidation sites excluding steroid dienone is 13. The first kappa shape index (κ1) is 54.3. The Morgan fingerprint density at radius 1 is 0.783 bits per heavy atom. The predicted molar refractivity (Wildman–Crippen MR) is 235 cm³/mol. The van der Waals surface area contributed by atoms with E-state index in [2.05, 4.69) is 67.0 Å². The molecular formula is C46H72NO12P. The van der Waals surface area contributed by atoms with Gasteiger partial charge in [0.1, 0.15) is 12.6 Å². The summed E-state index contributed by atoms with van der Waals surface area (Å²) in [5.74, 6) is -2.93. The zero-order valence-electron chi connectivity index (χ0n) is 35.9. The molecule has 1 aliphatic carbocycles. The van der Waals surface area contributed by atoms with E-state index in [1.807, 2.05) is 18.2 Å². The van der Waals surface area contributed by atoms with Crippen LogP contribution in [0, 0.1) is 11.8 Å². The summed E-state index contributed by atoms with van der Waals surface area (Å²) in [7, 11) is -4.79. The second-order valence-electron chi connectivity index (χ2n) is 14.8. The quantitative estimate of drug-likeness (QED) is 0.0201. The van der Waals surface area contributed by atoms with Crippen molar-refractivity contribution < 1.29 is 57.4 Å². The van der Waals surface area contributed by atoms with Crippen molar-refractivity contribution in [3.05, 3.63) is 85.1 Å². The summed E-state index contributed by atoms with van der Waals surface area (Å²) < 4.78 is 32.6. The van der Waals surface area contributed by atoms with Crippen molar-refractivity contribution in [1.29, 1.82) is 0 Å². The van der Waals surface area contributed by atoms with Crippen molar-refractivity contribution in [2.75, 3.05) is 19.8 Å². The number of phosphoric acid groups is 1. The molecule has 0 heterocycles. The fourth-order valence-corrected chi connectivity index (χ4v) is 6.65. The molecule has 0 amide bonds. The van der Waals surface area contributed by atoms with Crippen LogP contribution in [0.25, 0.3) is 0 Å². The normalized spacial score (nSPS) is 18.4. The summed E-state index contributed by atoms with van der Waals surface area (Å²) in [6.45, 7) is 2.34. The molecule has 0 aliphatic heterocycles. The predicted octanol–water partition coefficient (Wildman–Crippen LogP) is 9.12. The summed E-state index contributed by atoms with van der Waals surface area (Å²) in [6.07, 6.45) is 40.0. The van der Waals surface area contributed by atoms with Gasteiger partial charge in [0, 0.05) is 18.8 Å². The number of aliphatic hydroxyl groups excluding tert-OH is 1. The van der Waals surface area contributed by atoms with Gasteiger partial charge in [-0.2, -0.15) is 0 Å². The van der Waals surface area contributed by atoms with Crippen LogP contribution in [0.2, 0.25) is 0 Å². The van der Waals surface area contributed by atoms with E-state index < -0.39 is 63.8 Å². The van der Waals surface area contributed by atoms with Crippen LogP contribution in [0.4, 0.5) is 0 Å². The van der Waals surface area contributed by atoms with E-state index in [9.17, 15) is 33.7 Å². The van der Waals surface area contributed by atoms with Crippen molar-refractivity contribution in [1.82, 2.24) is 0 Å². The van der Waals surface area contributed by atoms with Crippen molar-refractivity contribution in [2.45, 2.75) is 148 Å². The lowest BCUT2D eigenvalue weighted by molar-refractivity contribution is -0.161. The molecule has 338 valence electrons. The molecule has 5 N–H and O–H groups in total. The van der Waals surface area contributed by atoms with E-state index in [4.69, 9.17) is 24.8 Å². The number of nitrogens with two attached hydrogens (primary N) is 1. The highest BCUT2D eigenvalue weighted by Gasteiger charge is 2.29. The number of rotatable bonds is 36. The second kappa shape index (κ2) is 34.9. The highest BCUT2D eigenvalue weighted by atomic mass is 31.2. The van der Waals surface area contributed by atoms with Crippen molar-refractivity contribution >= 4 is 31.5 Å². The number of carbonyl (C=O) groups excluding carboxylic acids is 3. The molecule has 0 bridgehead atoms. The first-order valence-corrected chi connectivity index (χ1v) is 23.2. The molecule has 0 aromatic heterocycles. The Bertz CT molecular complexity index is 1480. The van der Waals surface area contributed by atoms with E-state index in [0.29, 0.717) is 32.1 Å². The summed E-state index contributed by atoms with van der Waals surface area (Å²) in [5.41, 5.74) is 5.33. The van der Waals surface area contributed by atoms with Gasteiger partial charge in [0.15, 0.2) is 11.9 Å². The molecule has 0 saturated heterocycles. The number of ether oxygens (including phenoxy) is 2. The Morgan fingerprint density at radius 2 is 1.40 bits per heavy atom. The molecule has 0 fully saturated rings. The van der Waals surface area contributed by atoms with E-state index in [1.54, 1.807) is 18.2 Å². The number of hydrogen-bond donors (Lipinski definition) is 4. The third-order valence-electron chi connectivity index (χ3n) is 9.38. The minimum Gasteiger partial charge on any atom is -0.480 e. The standard InChI is InChI=1S/C46H72NO12P/c1-3-5-7-8-9-10-11-12-13-14-15-16-17-18-19-20-25-29-44(50)56-35-40(36-57-60(54,55)58-37-42(47)46(52)53)59-45(51)30-26-22-21-24-27-38-31-34-43(49)41(38)33-32-39(48)28-23-6-4-2/h5,7,9-10,12-13,15-16,21,24,31-34,38-42,48H,3-4,6,8,11,14,17-20,22-23,25-30,35-37,47H2,1-2H3,(H,52,53)(H,54,55)/b7-5-,10-9-,13-12-,16-15-,24-21-,33-32+/t38-,39-,40+,41+,42-/m0/s1. The highest BCUT2D eigenvalue weighted by molar-refractivity contribution is 7.47. The minimum absolute atomic E-state index is 0.000447. The van der Waals surface area contributed by atoms with Crippen LogP contribution >= 0.6 is 7.82 Å². The number of ketones is 1. The minimum atomic E-state index is -4.79. The first-order chi connectivity index (χ1) is 28.9. The molecule has 60 heavy (non-hydrogen) atoms. The summed E-state index contributed by atoms with van der Waals surface area (Å²) in [6, 6.07) is -1.56. The van der Waals surface area contributed by atoms with Gasteiger partial charge in [-0.25, -0.2) is 4.57 Å². The number of phosphoric ester groups is 1. The second-order valence-corrected chi connectivity index (χ2v) is 16.2. The molecule has 0 radical (unpaired) electrons. The van der Waals surface area contributed by atoms with Gasteiger partial charge in [-0.05, 0) is 82.6 Å². The SMILES string of the molecule is CC/C=C\C/C=C\C/C=C\C/C=C\CCCCCCC(=O)OC[C@H](COP(=O)(O)OC[C@H](N)C(=O)O)OC(=O)CCC/C=C\C[C@H]1C=CC(=O)[C@@H]1/C=C/[C@@H](O)CCCCC. The van der Waals surface area contributed by atoms with Gasteiger partial charge in [0.05, 0.1) is 19.3 Å². The van der Waals surface area contributed by atoms with Crippen LogP contribution in [-0.2, 0) is 42.3 Å².